The van der Waals surface area contributed by atoms with Gasteiger partial charge in [0.1, 0.15) is 0 Å². The summed E-state index contributed by atoms with van der Waals surface area (Å²) in [4.78, 5) is 31.0. The third kappa shape index (κ3) is 4.82. The first-order valence-electron chi connectivity index (χ1n) is 10.6. The highest BCUT2D eigenvalue weighted by Gasteiger charge is 2.27. The van der Waals surface area contributed by atoms with E-state index in [1.165, 1.54) is 7.11 Å². The second-order valence-corrected chi connectivity index (χ2v) is 7.71. The van der Waals surface area contributed by atoms with E-state index in [4.69, 9.17) is 4.74 Å². The molecular weight excluding hydrogens is 392 g/mol. The van der Waals surface area contributed by atoms with Gasteiger partial charge in [-0.05, 0) is 55.3 Å². The SMILES string of the molecule is COC(=O)c1ccc(C(=O)N(CCn2ccc(-c3ccncc3)n2)C2CCCC2)cc1. The Morgan fingerprint density at radius 1 is 1.03 bits per heavy atom. The fourth-order valence-electron chi connectivity index (χ4n) is 4.07. The molecule has 0 spiro atoms. The number of esters is 1. The molecule has 1 saturated carbocycles. The van der Waals surface area contributed by atoms with Gasteiger partial charge in [0.05, 0.1) is 24.9 Å². The molecular formula is C24H26N4O3. The van der Waals surface area contributed by atoms with Crippen LogP contribution in [0.25, 0.3) is 11.3 Å². The van der Waals surface area contributed by atoms with Crippen LogP contribution in [0, 0.1) is 0 Å². The number of rotatable bonds is 7. The highest BCUT2D eigenvalue weighted by molar-refractivity contribution is 5.96. The number of carbonyl (C=O) groups is 2. The van der Waals surface area contributed by atoms with E-state index in [0.717, 1.165) is 36.9 Å². The third-order valence-electron chi connectivity index (χ3n) is 5.77. The summed E-state index contributed by atoms with van der Waals surface area (Å²) in [5, 5.41) is 4.65. The number of benzene rings is 1. The average Bonchev–Trinajstić information content (AvgIpc) is 3.52. The Balaban J connectivity index is 1.47. The molecule has 1 aliphatic rings. The van der Waals surface area contributed by atoms with E-state index in [-0.39, 0.29) is 11.9 Å². The van der Waals surface area contributed by atoms with Gasteiger partial charge in [-0.2, -0.15) is 5.10 Å². The first-order chi connectivity index (χ1) is 15.2. The molecule has 31 heavy (non-hydrogen) atoms. The zero-order chi connectivity index (χ0) is 21.6. The average molecular weight is 418 g/mol. The number of ether oxygens (including phenoxy) is 1. The van der Waals surface area contributed by atoms with Crippen molar-refractivity contribution in [3.05, 3.63) is 72.2 Å². The molecule has 4 rings (SSSR count). The second kappa shape index (κ2) is 9.55. The molecule has 0 saturated heterocycles. The first kappa shape index (κ1) is 20.8. The van der Waals surface area contributed by atoms with Gasteiger partial charge in [-0.1, -0.05) is 12.8 Å². The number of methoxy groups -OCH3 is 1. The molecule has 2 heterocycles. The van der Waals surface area contributed by atoms with Crippen molar-refractivity contribution in [2.45, 2.75) is 38.3 Å². The highest BCUT2D eigenvalue weighted by Crippen LogP contribution is 2.25. The van der Waals surface area contributed by atoms with Crippen LogP contribution >= 0.6 is 0 Å². The van der Waals surface area contributed by atoms with E-state index < -0.39 is 5.97 Å². The number of carbonyl (C=O) groups excluding carboxylic acids is 2. The zero-order valence-electron chi connectivity index (χ0n) is 17.6. The van der Waals surface area contributed by atoms with Crippen molar-refractivity contribution >= 4 is 11.9 Å². The smallest absolute Gasteiger partial charge is 0.337 e. The minimum atomic E-state index is -0.407. The minimum Gasteiger partial charge on any atom is -0.465 e. The Morgan fingerprint density at radius 3 is 2.39 bits per heavy atom. The van der Waals surface area contributed by atoms with E-state index in [0.29, 0.717) is 24.2 Å². The summed E-state index contributed by atoms with van der Waals surface area (Å²) < 4.78 is 6.62. The summed E-state index contributed by atoms with van der Waals surface area (Å²) in [5.41, 5.74) is 2.92. The van der Waals surface area contributed by atoms with E-state index in [9.17, 15) is 9.59 Å². The predicted molar refractivity (Wildman–Crippen MR) is 117 cm³/mol. The summed E-state index contributed by atoms with van der Waals surface area (Å²) in [5.74, 6) is -0.417. The molecule has 0 bridgehead atoms. The van der Waals surface area contributed by atoms with Gasteiger partial charge >= 0.3 is 5.97 Å². The van der Waals surface area contributed by atoms with E-state index >= 15 is 0 Å². The molecule has 1 aromatic carbocycles. The first-order valence-corrected chi connectivity index (χ1v) is 10.6. The lowest BCUT2D eigenvalue weighted by molar-refractivity contribution is 0.0598. The van der Waals surface area contributed by atoms with E-state index in [1.807, 2.05) is 34.0 Å². The van der Waals surface area contributed by atoms with Crippen molar-refractivity contribution in [2.75, 3.05) is 13.7 Å². The van der Waals surface area contributed by atoms with Gasteiger partial charge in [-0.3, -0.25) is 14.5 Å². The molecule has 7 heteroatoms. The monoisotopic (exact) mass is 418 g/mol. The topological polar surface area (TPSA) is 77.3 Å². The van der Waals surface area contributed by atoms with Gasteiger partial charge in [0, 0.05) is 42.3 Å². The van der Waals surface area contributed by atoms with Crippen LogP contribution in [0.15, 0.2) is 61.1 Å². The lowest BCUT2D eigenvalue weighted by Crippen LogP contribution is -2.41. The third-order valence-corrected chi connectivity index (χ3v) is 5.77. The Labute approximate surface area is 181 Å². The van der Waals surface area contributed by atoms with Gasteiger partial charge in [0.2, 0.25) is 0 Å². The lowest BCUT2D eigenvalue weighted by Gasteiger charge is -2.29. The summed E-state index contributed by atoms with van der Waals surface area (Å²) in [6.07, 6.45) is 9.77. The molecule has 0 unspecified atom stereocenters. The summed E-state index contributed by atoms with van der Waals surface area (Å²) in [7, 11) is 1.35. The largest absolute Gasteiger partial charge is 0.465 e. The van der Waals surface area contributed by atoms with Gasteiger partial charge in [-0.25, -0.2) is 4.79 Å². The van der Waals surface area contributed by atoms with E-state index in [1.54, 1.807) is 36.7 Å². The molecule has 2 aromatic heterocycles. The Bertz CT molecular complexity index is 1020. The fourth-order valence-corrected chi connectivity index (χ4v) is 4.07. The maximum atomic E-state index is 13.3. The minimum absolute atomic E-state index is 0.00942. The van der Waals surface area contributed by atoms with Gasteiger partial charge in [0.15, 0.2) is 0 Å². The number of aromatic nitrogens is 3. The molecule has 0 aliphatic heterocycles. The van der Waals surface area contributed by atoms with Crippen LogP contribution in [0.3, 0.4) is 0 Å². The molecule has 0 atom stereocenters. The number of hydrogen-bond acceptors (Lipinski definition) is 5. The van der Waals surface area contributed by atoms with Crippen LogP contribution in [-0.2, 0) is 11.3 Å². The van der Waals surface area contributed by atoms with Gasteiger partial charge in [-0.15, -0.1) is 0 Å². The fraction of sp³-hybridized carbons (Fsp3) is 0.333. The van der Waals surface area contributed by atoms with Crippen LogP contribution < -0.4 is 0 Å². The molecule has 7 nitrogen and oxygen atoms in total. The molecule has 0 N–H and O–H groups in total. The number of nitrogens with zero attached hydrogens (tertiary/aromatic N) is 4. The van der Waals surface area contributed by atoms with Crippen LogP contribution in [0.5, 0.6) is 0 Å². The van der Waals surface area contributed by atoms with Gasteiger partial charge < -0.3 is 9.64 Å². The van der Waals surface area contributed by atoms with Crippen LogP contribution in [0.4, 0.5) is 0 Å². The molecule has 0 radical (unpaired) electrons. The standard InChI is InChI=1S/C24H26N4O3/c1-31-24(30)20-8-6-19(7-9-20)23(29)28(21-4-2-3-5-21)17-16-27-15-12-22(26-27)18-10-13-25-14-11-18/h6-15,21H,2-5,16-17H2,1H3. The van der Waals surface area contributed by atoms with Crippen LogP contribution in [0.2, 0.25) is 0 Å². The molecule has 160 valence electrons. The van der Waals surface area contributed by atoms with Crippen molar-refractivity contribution in [2.24, 2.45) is 0 Å². The van der Waals surface area contributed by atoms with Crippen molar-refractivity contribution < 1.29 is 14.3 Å². The van der Waals surface area contributed by atoms with E-state index in [2.05, 4.69) is 10.1 Å². The Kier molecular flexibility index (Phi) is 6.40. The Morgan fingerprint density at radius 2 is 1.71 bits per heavy atom. The van der Waals surface area contributed by atoms with Crippen LogP contribution in [-0.4, -0.2) is 51.2 Å². The van der Waals surface area contributed by atoms with Crippen LogP contribution in [0.1, 0.15) is 46.4 Å². The summed E-state index contributed by atoms with van der Waals surface area (Å²) in [6.45, 7) is 1.20. The van der Waals surface area contributed by atoms with Gasteiger partial charge in [0.25, 0.3) is 5.91 Å². The molecule has 1 amide bonds. The number of amides is 1. The summed E-state index contributed by atoms with van der Waals surface area (Å²) >= 11 is 0. The maximum absolute atomic E-state index is 13.3. The quantitative estimate of drug-likeness (QED) is 0.545. The van der Waals surface area contributed by atoms with Crippen molar-refractivity contribution in [3.63, 3.8) is 0 Å². The van der Waals surface area contributed by atoms with Crippen molar-refractivity contribution in [1.82, 2.24) is 19.7 Å². The molecule has 3 aromatic rings. The Hall–Kier alpha value is -3.48. The number of hydrogen-bond donors (Lipinski definition) is 0. The molecule has 1 fully saturated rings. The number of pyridine rings is 1. The lowest BCUT2D eigenvalue weighted by atomic mass is 10.1. The normalized spacial score (nSPS) is 13.8. The highest BCUT2D eigenvalue weighted by atomic mass is 16.5. The summed E-state index contributed by atoms with van der Waals surface area (Å²) in [6, 6.07) is 12.8. The van der Waals surface area contributed by atoms with Crippen molar-refractivity contribution in [3.8, 4) is 11.3 Å². The second-order valence-electron chi connectivity index (χ2n) is 7.71. The zero-order valence-corrected chi connectivity index (χ0v) is 17.6. The van der Waals surface area contributed by atoms with Crippen molar-refractivity contribution in [1.29, 1.82) is 0 Å². The maximum Gasteiger partial charge on any atom is 0.337 e. The molecule has 1 aliphatic carbocycles. The predicted octanol–water partition coefficient (Wildman–Crippen LogP) is 3.82.